The van der Waals surface area contributed by atoms with Crippen LogP contribution in [0.2, 0.25) is 10.0 Å². The standard InChI is InChI=1S/C13H14Cl2N4O/c1-7(2)10-4-11(19(3)18-10)13(20)17-12-8(14)5-16-6-9(12)15/h4-7H,1-3H3,(H,16,17,20). The van der Waals surface area contributed by atoms with Crippen molar-refractivity contribution < 1.29 is 4.79 Å². The Hall–Kier alpha value is -1.59. The van der Waals surface area contributed by atoms with Gasteiger partial charge in [0.05, 0.1) is 21.4 Å². The number of amides is 1. The Morgan fingerprint density at radius 2 is 1.90 bits per heavy atom. The van der Waals surface area contributed by atoms with Crippen LogP contribution in [0, 0.1) is 0 Å². The maximum Gasteiger partial charge on any atom is 0.274 e. The molecule has 5 nitrogen and oxygen atoms in total. The summed E-state index contributed by atoms with van der Waals surface area (Å²) in [5, 5.41) is 7.56. The fourth-order valence-corrected chi connectivity index (χ4v) is 2.15. The van der Waals surface area contributed by atoms with E-state index in [2.05, 4.69) is 15.4 Å². The number of anilines is 1. The van der Waals surface area contributed by atoms with Crippen LogP contribution in [-0.4, -0.2) is 20.7 Å². The average molecular weight is 313 g/mol. The van der Waals surface area contributed by atoms with Gasteiger partial charge in [0.1, 0.15) is 5.69 Å². The maximum absolute atomic E-state index is 12.3. The van der Waals surface area contributed by atoms with Crippen LogP contribution < -0.4 is 5.32 Å². The molecule has 0 aliphatic carbocycles. The van der Waals surface area contributed by atoms with Crippen molar-refractivity contribution in [3.63, 3.8) is 0 Å². The summed E-state index contributed by atoms with van der Waals surface area (Å²) < 4.78 is 1.54. The SMILES string of the molecule is CC(C)c1cc(C(=O)Nc2c(Cl)cncc2Cl)n(C)n1. The molecule has 0 atom stereocenters. The molecule has 0 aliphatic rings. The third-order valence-electron chi connectivity index (χ3n) is 2.81. The highest BCUT2D eigenvalue weighted by Gasteiger charge is 2.17. The molecule has 0 unspecified atom stereocenters. The molecule has 0 bridgehead atoms. The van der Waals surface area contributed by atoms with Gasteiger partial charge in [0, 0.05) is 19.4 Å². The van der Waals surface area contributed by atoms with Gasteiger partial charge in [-0.2, -0.15) is 5.10 Å². The van der Waals surface area contributed by atoms with Crippen molar-refractivity contribution in [1.82, 2.24) is 14.8 Å². The highest BCUT2D eigenvalue weighted by Crippen LogP contribution is 2.29. The van der Waals surface area contributed by atoms with Gasteiger partial charge in [0.25, 0.3) is 5.91 Å². The van der Waals surface area contributed by atoms with Gasteiger partial charge in [-0.05, 0) is 12.0 Å². The van der Waals surface area contributed by atoms with E-state index in [0.717, 1.165) is 5.69 Å². The smallest absolute Gasteiger partial charge is 0.274 e. The number of carbonyl (C=O) groups is 1. The minimum Gasteiger partial charge on any atom is -0.318 e. The van der Waals surface area contributed by atoms with E-state index in [1.165, 1.54) is 17.1 Å². The molecule has 2 aromatic rings. The number of carbonyl (C=O) groups excluding carboxylic acids is 1. The molecule has 0 aliphatic heterocycles. The lowest BCUT2D eigenvalue weighted by atomic mass is 10.1. The number of pyridine rings is 1. The summed E-state index contributed by atoms with van der Waals surface area (Å²) in [4.78, 5) is 16.1. The Morgan fingerprint density at radius 3 is 2.40 bits per heavy atom. The van der Waals surface area contributed by atoms with Crippen LogP contribution in [0.15, 0.2) is 18.5 Å². The van der Waals surface area contributed by atoms with Crippen molar-refractivity contribution in [2.24, 2.45) is 7.05 Å². The summed E-state index contributed by atoms with van der Waals surface area (Å²) in [5.41, 5.74) is 1.64. The third-order valence-corrected chi connectivity index (χ3v) is 3.39. The zero-order chi connectivity index (χ0) is 14.9. The lowest BCUT2D eigenvalue weighted by molar-refractivity contribution is 0.101. The van der Waals surface area contributed by atoms with E-state index in [4.69, 9.17) is 23.2 Å². The molecular weight excluding hydrogens is 299 g/mol. The number of aryl methyl sites for hydroxylation is 1. The number of aromatic nitrogens is 3. The van der Waals surface area contributed by atoms with Crippen LogP contribution in [0.25, 0.3) is 0 Å². The molecule has 2 heterocycles. The van der Waals surface area contributed by atoms with E-state index in [1.54, 1.807) is 13.1 Å². The first-order valence-corrected chi connectivity index (χ1v) is 6.80. The van der Waals surface area contributed by atoms with Crippen LogP contribution >= 0.6 is 23.2 Å². The molecule has 106 valence electrons. The molecule has 20 heavy (non-hydrogen) atoms. The topological polar surface area (TPSA) is 59.8 Å². The summed E-state index contributed by atoms with van der Waals surface area (Å²) in [6.07, 6.45) is 2.84. The maximum atomic E-state index is 12.3. The fourth-order valence-electron chi connectivity index (χ4n) is 1.69. The Bertz CT molecular complexity index is 632. The minimum atomic E-state index is -0.318. The fraction of sp³-hybridized carbons (Fsp3) is 0.308. The molecule has 1 amide bonds. The molecule has 0 aromatic carbocycles. The van der Waals surface area contributed by atoms with Crippen LogP contribution in [0.4, 0.5) is 5.69 Å². The van der Waals surface area contributed by atoms with Crippen molar-refractivity contribution in [2.75, 3.05) is 5.32 Å². The Labute approximate surface area is 126 Å². The summed E-state index contributed by atoms with van der Waals surface area (Å²) >= 11 is 11.9. The van der Waals surface area contributed by atoms with Crippen molar-refractivity contribution in [3.05, 3.63) is 39.9 Å². The molecule has 0 fully saturated rings. The van der Waals surface area contributed by atoms with Gasteiger partial charge in [0.2, 0.25) is 0 Å². The number of hydrogen-bond donors (Lipinski definition) is 1. The van der Waals surface area contributed by atoms with Crippen LogP contribution in [0.3, 0.4) is 0 Å². The van der Waals surface area contributed by atoms with Crippen LogP contribution in [0.1, 0.15) is 35.9 Å². The first-order chi connectivity index (χ1) is 9.40. The predicted octanol–water partition coefficient (Wildman–Crippen LogP) is 3.50. The largest absolute Gasteiger partial charge is 0.318 e. The van der Waals surface area contributed by atoms with Gasteiger partial charge in [-0.25, -0.2) is 0 Å². The van der Waals surface area contributed by atoms with Crippen LogP contribution in [-0.2, 0) is 7.05 Å². The zero-order valence-electron chi connectivity index (χ0n) is 11.3. The van der Waals surface area contributed by atoms with Crippen molar-refractivity contribution >= 4 is 34.8 Å². The van der Waals surface area contributed by atoms with Gasteiger partial charge in [-0.15, -0.1) is 0 Å². The zero-order valence-corrected chi connectivity index (χ0v) is 12.8. The summed E-state index contributed by atoms with van der Waals surface area (Å²) in [6, 6.07) is 1.75. The molecule has 0 spiro atoms. The van der Waals surface area contributed by atoms with Gasteiger partial charge in [-0.3, -0.25) is 14.5 Å². The highest BCUT2D eigenvalue weighted by molar-refractivity contribution is 6.39. The second-order valence-electron chi connectivity index (χ2n) is 4.67. The number of nitrogens with one attached hydrogen (secondary N) is 1. The Kier molecular flexibility index (Phi) is 4.30. The molecule has 2 rings (SSSR count). The minimum absolute atomic E-state index is 0.246. The second-order valence-corrected chi connectivity index (χ2v) is 5.48. The lowest BCUT2D eigenvalue weighted by Gasteiger charge is -2.08. The molecule has 0 radical (unpaired) electrons. The van der Waals surface area contributed by atoms with E-state index < -0.39 is 0 Å². The molecule has 0 saturated carbocycles. The molecule has 2 aromatic heterocycles. The Balaban J connectivity index is 2.29. The van der Waals surface area contributed by atoms with E-state index in [9.17, 15) is 4.79 Å². The first-order valence-electron chi connectivity index (χ1n) is 6.04. The van der Waals surface area contributed by atoms with E-state index >= 15 is 0 Å². The van der Waals surface area contributed by atoms with Crippen molar-refractivity contribution in [1.29, 1.82) is 0 Å². The highest BCUT2D eigenvalue weighted by atomic mass is 35.5. The number of rotatable bonds is 3. The van der Waals surface area contributed by atoms with Gasteiger partial charge >= 0.3 is 0 Å². The molecule has 0 saturated heterocycles. The average Bonchev–Trinajstić information content (AvgIpc) is 2.76. The van der Waals surface area contributed by atoms with Gasteiger partial charge < -0.3 is 5.32 Å². The molecule has 7 heteroatoms. The lowest BCUT2D eigenvalue weighted by Crippen LogP contribution is -2.16. The third kappa shape index (κ3) is 2.94. The van der Waals surface area contributed by atoms with E-state index in [-0.39, 0.29) is 21.9 Å². The van der Waals surface area contributed by atoms with Crippen molar-refractivity contribution in [3.8, 4) is 0 Å². The quantitative estimate of drug-likeness (QED) is 0.943. The van der Waals surface area contributed by atoms with Crippen LogP contribution in [0.5, 0.6) is 0 Å². The van der Waals surface area contributed by atoms with Gasteiger partial charge in [0.15, 0.2) is 0 Å². The number of hydrogen-bond acceptors (Lipinski definition) is 3. The van der Waals surface area contributed by atoms with Crippen molar-refractivity contribution in [2.45, 2.75) is 19.8 Å². The first kappa shape index (κ1) is 14.8. The number of nitrogens with zero attached hydrogens (tertiary/aromatic N) is 3. The summed E-state index contributed by atoms with van der Waals surface area (Å²) in [5.74, 6) is -0.0715. The predicted molar refractivity (Wildman–Crippen MR) is 79.5 cm³/mol. The summed E-state index contributed by atoms with van der Waals surface area (Å²) in [6.45, 7) is 4.03. The van der Waals surface area contributed by atoms with Gasteiger partial charge in [-0.1, -0.05) is 37.0 Å². The summed E-state index contributed by atoms with van der Waals surface area (Å²) in [7, 11) is 1.72. The molecule has 1 N–H and O–H groups in total. The van der Waals surface area contributed by atoms with E-state index in [1.807, 2.05) is 13.8 Å². The second kappa shape index (κ2) is 5.81. The van der Waals surface area contributed by atoms with E-state index in [0.29, 0.717) is 11.4 Å². The Morgan fingerprint density at radius 1 is 1.30 bits per heavy atom. The number of halogens is 2. The normalized spacial score (nSPS) is 10.9. The molecular formula is C13H14Cl2N4O. The monoisotopic (exact) mass is 312 g/mol.